The van der Waals surface area contributed by atoms with Crippen LogP contribution < -0.4 is 0 Å². The van der Waals surface area contributed by atoms with Gasteiger partial charge in [-0.1, -0.05) is 6.07 Å². The fourth-order valence-electron chi connectivity index (χ4n) is 3.83. The number of aliphatic carboxylic acids is 1. The lowest BCUT2D eigenvalue weighted by atomic mass is 9.77. The SMILES string of the molecule is CN1C(=O)CC(C(=O)O)C12CCN(Cc1cccnc1)CC2. The summed E-state index contributed by atoms with van der Waals surface area (Å²) in [5, 5.41) is 9.47. The molecule has 0 aromatic carbocycles. The minimum absolute atomic E-state index is 0.0480. The highest BCUT2D eigenvalue weighted by Crippen LogP contribution is 2.42. The number of nitrogens with zero attached hydrogens (tertiary/aromatic N) is 3. The molecule has 1 aromatic rings. The lowest BCUT2D eigenvalue weighted by Crippen LogP contribution is -2.55. The van der Waals surface area contributed by atoms with Gasteiger partial charge in [0.05, 0.1) is 11.5 Å². The molecule has 22 heavy (non-hydrogen) atoms. The summed E-state index contributed by atoms with van der Waals surface area (Å²) >= 11 is 0. The van der Waals surface area contributed by atoms with Crippen LogP contribution in [-0.2, 0) is 16.1 Å². The zero-order valence-corrected chi connectivity index (χ0v) is 12.7. The molecular weight excluding hydrogens is 282 g/mol. The van der Waals surface area contributed by atoms with Gasteiger partial charge in [0.15, 0.2) is 0 Å². The summed E-state index contributed by atoms with van der Waals surface area (Å²) in [7, 11) is 1.75. The Bertz CT molecular complexity index is 567. The molecule has 2 saturated heterocycles. The summed E-state index contributed by atoms with van der Waals surface area (Å²) in [6.07, 6.45) is 5.17. The number of pyridine rings is 1. The van der Waals surface area contributed by atoms with Crippen molar-refractivity contribution in [2.24, 2.45) is 5.92 Å². The van der Waals surface area contributed by atoms with Crippen LogP contribution in [0.25, 0.3) is 0 Å². The topological polar surface area (TPSA) is 73.7 Å². The quantitative estimate of drug-likeness (QED) is 0.901. The lowest BCUT2D eigenvalue weighted by Gasteiger charge is -2.45. The van der Waals surface area contributed by atoms with E-state index in [4.69, 9.17) is 0 Å². The molecule has 1 N–H and O–H groups in total. The van der Waals surface area contributed by atoms with E-state index in [1.807, 2.05) is 18.3 Å². The first-order valence-corrected chi connectivity index (χ1v) is 7.64. The summed E-state index contributed by atoms with van der Waals surface area (Å²) < 4.78 is 0. The van der Waals surface area contributed by atoms with Crippen LogP contribution in [-0.4, -0.2) is 57.4 Å². The molecule has 0 bridgehead atoms. The maximum atomic E-state index is 12.0. The molecule has 6 heteroatoms. The molecule has 2 aliphatic heterocycles. The highest BCUT2D eigenvalue weighted by molar-refractivity contribution is 5.88. The molecule has 1 atom stereocenters. The van der Waals surface area contributed by atoms with Crippen LogP contribution in [0.5, 0.6) is 0 Å². The predicted molar refractivity (Wildman–Crippen MR) is 80.0 cm³/mol. The second kappa shape index (κ2) is 5.68. The van der Waals surface area contributed by atoms with E-state index >= 15 is 0 Å². The Balaban J connectivity index is 1.69. The number of hydrogen-bond donors (Lipinski definition) is 1. The Kier molecular flexibility index (Phi) is 3.87. The van der Waals surface area contributed by atoms with Crippen LogP contribution in [0.15, 0.2) is 24.5 Å². The van der Waals surface area contributed by atoms with Gasteiger partial charge in [-0.15, -0.1) is 0 Å². The van der Waals surface area contributed by atoms with Gasteiger partial charge in [0.25, 0.3) is 0 Å². The molecule has 0 radical (unpaired) electrons. The molecule has 1 spiro atoms. The van der Waals surface area contributed by atoms with Crippen LogP contribution in [0, 0.1) is 5.92 Å². The summed E-state index contributed by atoms with van der Waals surface area (Å²) in [6, 6.07) is 3.97. The molecule has 1 aromatic heterocycles. The molecule has 3 rings (SSSR count). The summed E-state index contributed by atoms with van der Waals surface area (Å²) in [6.45, 7) is 2.42. The van der Waals surface area contributed by atoms with E-state index in [-0.39, 0.29) is 12.3 Å². The second-order valence-electron chi connectivity index (χ2n) is 6.29. The van der Waals surface area contributed by atoms with Crippen molar-refractivity contribution < 1.29 is 14.7 Å². The van der Waals surface area contributed by atoms with E-state index in [1.165, 1.54) is 0 Å². The third kappa shape index (κ3) is 2.47. The van der Waals surface area contributed by atoms with E-state index in [9.17, 15) is 14.7 Å². The fraction of sp³-hybridized carbons (Fsp3) is 0.562. The van der Waals surface area contributed by atoms with Gasteiger partial charge in [0, 0.05) is 45.5 Å². The van der Waals surface area contributed by atoms with Crippen LogP contribution in [0.3, 0.4) is 0 Å². The van der Waals surface area contributed by atoms with E-state index < -0.39 is 17.4 Å². The molecule has 2 aliphatic rings. The van der Waals surface area contributed by atoms with Crippen molar-refractivity contribution in [2.75, 3.05) is 20.1 Å². The smallest absolute Gasteiger partial charge is 0.309 e. The van der Waals surface area contributed by atoms with Crippen LogP contribution in [0.1, 0.15) is 24.8 Å². The first kappa shape index (κ1) is 15.0. The van der Waals surface area contributed by atoms with Gasteiger partial charge in [0.1, 0.15) is 0 Å². The third-order valence-corrected chi connectivity index (χ3v) is 5.22. The summed E-state index contributed by atoms with van der Waals surface area (Å²) in [4.78, 5) is 31.6. The van der Waals surface area contributed by atoms with Crippen molar-refractivity contribution in [1.29, 1.82) is 0 Å². The van der Waals surface area contributed by atoms with E-state index in [0.717, 1.165) is 25.2 Å². The number of aromatic nitrogens is 1. The van der Waals surface area contributed by atoms with Gasteiger partial charge in [-0.05, 0) is 24.5 Å². The fourth-order valence-corrected chi connectivity index (χ4v) is 3.83. The zero-order chi connectivity index (χ0) is 15.7. The number of rotatable bonds is 3. The van der Waals surface area contributed by atoms with E-state index in [2.05, 4.69) is 9.88 Å². The highest BCUT2D eigenvalue weighted by Gasteiger charge is 2.55. The molecule has 2 fully saturated rings. The van der Waals surface area contributed by atoms with Crippen molar-refractivity contribution in [2.45, 2.75) is 31.3 Å². The predicted octanol–water partition coefficient (Wildman–Crippen LogP) is 0.979. The first-order valence-electron chi connectivity index (χ1n) is 7.64. The average Bonchev–Trinajstić information content (AvgIpc) is 2.76. The summed E-state index contributed by atoms with van der Waals surface area (Å²) in [5.41, 5.74) is 0.651. The van der Waals surface area contributed by atoms with Crippen LogP contribution in [0.2, 0.25) is 0 Å². The van der Waals surface area contributed by atoms with Crippen LogP contribution in [0.4, 0.5) is 0 Å². The van der Waals surface area contributed by atoms with Gasteiger partial charge < -0.3 is 10.0 Å². The molecule has 1 amide bonds. The van der Waals surface area contributed by atoms with Crippen molar-refractivity contribution in [3.05, 3.63) is 30.1 Å². The van der Waals surface area contributed by atoms with Gasteiger partial charge in [-0.25, -0.2) is 0 Å². The van der Waals surface area contributed by atoms with Gasteiger partial charge >= 0.3 is 5.97 Å². The molecule has 0 saturated carbocycles. The average molecular weight is 303 g/mol. The summed E-state index contributed by atoms with van der Waals surface area (Å²) in [5.74, 6) is -1.47. The number of hydrogen-bond acceptors (Lipinski definition) is 4. The number of carboxylic acid groups (broad SMARTS) is 1. The van der Waals surface area contributed by atoms with Crippen molar-refractivity contribution in [3.8, 4) is 0 Å². The number of amides is 1. The minimum Gasteiger partial charge on any atom is -0.481 e. The number of carbonyl (C=O) groups is 2. The molecule has 0 aliphatic carbocycles. The Hall–Kier alpha value is -1.95. The molecular formula is C16H21N3O3. The highest BCUT2D eigenvalue weighted by atomic mass is 16.4. The number of piperidine rings is 1. The molecule has 1 unspecified atom stereocenters. The third-order valence-electron chi connectivity index (χ3n) is 5.22. The Morgan fingerprint density at radius 3 is 2.77 bits per heavy atom. The molecule has 118 valence electrons. The van der Waals surface area contributed by atoms with E-state index in [1.54, 1.807) is 18.1 Å². The maximum absolute atomic E-state index is 12.0. The normalized spacial score (nSPS) is 24.9. The van der Waals surface area contributed by atoms with Gasteiger partial charge in [0.2, 0.25) is 5.91 Å². The minimum atomic E-state index is -0.849. The van der Waals surface area contributed by atoms with Crippen molar-refractivity contribution >= 4 is 11.9 Å². The number of likely N-dealkylation sites (tertiary alicyclic amines) is 2. The number of carbonyl (C=O) groups excluding carboxylic acids is 1. The molecule has 3 heterocycles. The second-order valence-corrected chi connectivity index (χ2v) is 6.29. The van der Waals surface area contributed by atoms with Crippen molar-refractivity contribution in [1.82, 2.24) is 14.8 Å². The Morgan fingerprint density at radius 1 is 1.45 bits per heavy atom. The number of carboxylic acids is 1. The van der Waals surface area contributed by atoms with Gasteiger partial charge in [-0.3, -0.25) is 19.5 Å². The Labute approximate surface area is 129 Å². The largest absolute Gasteiger partial charge is 0.481 e. The van der Waals surface area contributed by atoms with Gasteiger partial charge in [-0.2, -0.15) is 0 Å². The van der Waals surface area contributed by atoms with Crippen molar-refractivity contribution in [3.63, 3.8) is 0 Å². The Morgan fingerprint density at radius 2 is 2.18 bits per heavy atom. The lowest BCUT2D eigenvalue weighted by molar-refractivity contribution is -0.146. The standard InChI is InChI=1S/C16H21N3O3/c1-18-14(20)9-13(15(21)22)16(18)4-7-19(8-5-16)11-12-3-2-6-17-10-12/h2-3,6,10,13H,4-5,7-9,11H2,1H3,(H,21,22). The molecule has 6 nitrogen and oxygen atoms in total. The van der Waals surface area contributed by atoms with Crippen LogP contribution >= 0.6 is 0 Å². The van der Waals surface area contributed by atoms with E-state index in [0.29, 0.717) is 12.8 Å². The zero-order valence-electron chi connectivity index (χ0n) is 12.7. The monoisotopic (exact) mass is 303 g/mol. The first-order chi connectivity index (χ1) is 10.5. The maximum Gasteiger partial charge on any atom is 0.309 e.